The molecule has 2 amide bonds. The molecule has 0 radical (unpaired) electrons. The molecular weight excluding hydrogens is 589 g/mol. The zero-order chi connectivity index (χ0) is 32.3. The van der Waals surface area contributed by atoms with Crippen molar-refractivity contribution < 1.29 is 48.0 Å². The zero-order valence-corrected chi connectivity index (χ0v) is 25.1. The van der Waals surface area contributed by atoms with E-state index in [0.717, 1.165) is 37.4 Å². The summed E-state index contributed by atoms with van der Waals surface area (Å²) in [4.78, 5) is 34.9. The van der Waals surface area contributed by atoms with Crippen LogP contribution in [0.4, 0.5) is 13.2 Å². The summed E-state index contributed by atoms with van der Waals surface area (Å²) in [6.45, 7) is 1.19. The van der Waals surface area contributed by atoms with Crippen molar-refractivity contribution in [3.63, 3.8) is 0 Å². The highest BCUT2D eigenvalue weighted by molar-refractivity contribution is 7.99. The molecule has 9 nitrogen and oxygen atoms in total. The van der Waals surface area contributed by atoms with Gasteiger partial charge in [0.2, 0.25) is 5.91 Å². The van der Waals surface area contributed by atoms with E-state index in [9.17, 15) is 37.8 Å². The highest BCUT2D eigenvalue weighted by Gasteiger charge is 2.41. The minimum Gasteiger partial charge on any atom is -0.480 e. The number of rotatable bonds is 21. The predicted octanol–water partition coefficient (Wildman–Crippen LogP) is 4.13. The third-order valence-electron chi connectivity index (χ3n) is 6.26. The van der Waals surface area contributed by atoms with Crippen LogP contribution in [0, 0.1) is 0 Å². The van der Waals surface area contributed by atoms with Crippen LogP contribution in [-0.2, 0) is 14.4 Å². The van der Waals surface area contributed by atoms with E-state index in [1.165, 1.54) is 0 Å². The van der Waals surface area contributed by atoms with Crippen LogP contribution < -0.4 is 10.6 Å². The van der Waals surface area contributed by atoms with Gasteiger partial charge in [-0.25, -0.2) is 0 Å². The Labute approximate surface area is 254 Å². The number of benzene rings is 1. The van der Waals surface area contributed by atoms with Crippen LogP contribution in [0.25, 0.3) is 6.08 Å². The summed E-state index contributed by atoms with van der Waals surface area (Å²) < 4.78 is 38.8. The second-order valence-corrected chi connectivity index (χ2v) is 11.2. The lowest BCUT2D eigenvalue weighted by atomic mass is 10.0. The zero-order valence-electron chi connectivity index (χ0n) is 24.3. The summed E-state index contributed by atoms with van der Waals surface area (Å²) in [5.74, 6) is -5.30. The van der Waals surface area contributed by atoms with E-state index in [4.69, 9.17) is 10.2 Å². The van der Waals surface area contributed by atoms with Gasteiger partial charge in [0.15, 0.2) is 0 Å². The molecule has 242 valence electrons. The van der Waals surface area contributed by atoms with Gasteiger partial charge in [0.1, 0.15) is 12.6 Å². The summed E-state index contributed by atoms with van der Waals surface area (Å²) in [5.41, 5.74) is 1.28. The van der Waals surface area contributed by atoms with Crippen LogP contribution in [-0.4, -0.2) is 81.5 Å². The van der Waals surface area contributed by atoms with Gasteiger partial charge in [-0.3, -0.25) is 14.4 Å². The van der Waals surface area contributed by atoms with Crippen molar-refractivity contribution in [2.45, 2.75) is 88.0 Å². The number of allylic oxidation sites excluding steroid dienone is 1. The Hall–Kier alpha value is -2.87. The number of thioether (sulfide) groups is 1. The molecule has 0 saturated heterocycles. The van der Waals surface area contributed by atoms with E-state index in [1.54, 1.807) is 41.7 Å². The summed E-state index contributed by atoms with van der Waals surface area (Å²) in [5, 5.41) is 42.1. The number of aliphatic hydroxyl groups is 3. The minimum atomic E-state index is -5.27. The molecule has 0 aromatic heterocycles. The van der Waals surface area contributed by atoms with Gasteiger partial charge in [0, 0.05) is 12.4 Å². The maximum absolute atomic E-state index is 12.9. The molecule has 6 N–H and O–H groups in total. The fraction of sp³-hybridized carbons (Fsp3) is 0.567. The number of aliphatic carboxylic acids is 1. The average molecular weight is 633 g/mol. The Kier molecular flexibility index (Phi) is 18.6. The second-order valence-electron chi connectivity index (χ2n) is 9.98. The van der Waals surface area contributed by atoms with Crippen molar-refractivity contribution in [2.24, 2.45) is 0 Å². The summed E-state index contributed by atoms with van der Waals surface area (Å²) in [7, 11) is 0. The van der Waals surface area contributed by atoms with Gasteiger partial charge in [0.05, 0.1) is 17.5 Å². The van der Waals surface area contributed by atoms with E-state index >= 15 is 0 Å². The van der Waals surface area contributed by atoms with Gasteiger partial charge in [-0.2, -0.15) is 13.2 Å². The first-order chi connectivity index (χ1) is 20.4. The predicted molar refractivity (Wildman–Crippen MR) is 160 cm³/mol. The topological polar surface area (TPSA) is 156 Å². The molecule has 0 saturated carbocycles. The maximum Gasteiger partial charge on any atom is 0.471 e. The molecular formula is C30H43F3N2O7S. The molecule has 0 aliphatic carbocycles. The number of amides is 2. The van der Waals surface area contributed by atoms with Crippen molar-refractivity contribution in [1.82, 2.24) is 10.6 Å². The molecule has 1 rings (SSSR count). The molecule has 0 spiro atoms. The number of hydrogen-bond acceptors (Lipinski definition) is 7. The standard InChI is InChI=1S/C30H43F3N2O7S/c1-2-3-4-5-6-7-13-23(37)16-15-21-11-10-12-22(18-21)27(25(38)14-8-9-17-36)43-20-24(28(41)34-19-26(39)40)35-29(42)30(31,32)33/h6-7,10-12,15-16,18,23-25,27,36-38H,2-5,8-9,13-14,17,19-20H2,1H3,(H,34,41)(H,35,42)(H,39,40)/t23?,24-,25?,27?/m0/s1. The average Bonchev–Trinajstić information content (AvgIpc) is 2.95. The molecule has 4 atom stereocenters. The number of carbonyl (C=O) groups is 3. The third-order valence-corrected chi connectivity index (χ3v) is 7.73. The van der Waals surface area contributed by atoms with E-state index in [2.05, 4.69) is 6.92 Å². The summed E-state index contributed by atoms with van der Waals surface area (Å²) in [6.07, 6.45) is 6.20. The van der Waals surface area contributed by atoms with Gasteiger partial charge in [0.25, 0.3) is 0 Å². The number of nitrogens with one attached hydrogen (secondary N) is 2. The number of carboxylic acids is 1. The fourth-order valence-electron chi connectivity index (χ4n) is 3.96. The number of aliphatic hydroxyl groups excluding tert-OH is 3. The SMILES string of the molecule is CCCCCC=CCC(O)C=Cc1cccc(C(SC[C@H](NC(=O)C(F)(F)F)C(=O)NCC(=O)O)C(O)CCCCO)c1. The molecule has 43 heavy (non-hydrogen) atoms. The van der Waals surface area contributed by atoms with E-state index in [0.29, 0.717) is 30.4 Å². The molecule has 0 bridgehead atoms. The number of carboxylic acid groups (broad SMARTS) is 1. The van der Waals surface area contributed by atoms with Crippen molar-refractivity contribution in [2.75, 3.05) is 18.9 Å². The van der Waals surface area contributed by atoms with Gasteiger partial charge in [-0.1, -0.05) is 68.3 Å². The Morgan fingerprint density at radius 3 is 2.47 bits per heavy atom. The first-order valence-corrected chi connectivity index (χ1v) is 15.3. The van der Waals surface area contributed by atoms with Crippen molar-refractivity contribution in [3.8, 4) is 0 Å². The number of alkyl halides is 3. The largest absolute Gasteiger partial charge is 0.480 e. The quantitative estimate of drug-likeness (QED) is 0.0873. The fourth-order valence-corrected chi connectivity index (χ4v) is 5.29. The Morgan fingerprint density at radius 2 is 1.81 bits per heavy atom. The molecule has 1 aromatic rings. The normalized spacial score (nSPS) is 14.9. The minimum absolute atomic E-state index is 0.0869. The summed E-state index contributed by atoms with van der Waals surface area (Å²) >= 11 is 0.931. The maximum atomic E-state index is 12.9. The number of halogens is 3. The monoisotopic (exact) mass is 632 g/mol. The lowest BCUT2D eigenvalue weighted by Crippen LogP contribution is -2.52. The highest BCUT2D eigenvalue weighted by Crippen LogP contribution is 2.35. The lowest BCUT2D eigenvalue weighted by molar-refractivity contribution is -0.174. The van der Waals surface area contributed by atoms with Gasteiger partial charge in [-0.15, -0.1) is 11.8 Å². The second kappa shape index (κ2) is 20.9. The van der Waals surface area contributed by atoms with Crippen molar-refractivity contribution in [3.05, 3.63) is 53.6 Å². The van der Waals surface area contributed by atoms with Gasteiger partial charge >= 0.3 is 18.1 Å². The van der Waals surface area contributed by atoms with Crippen LogP contribution >= 0.6 is 11.8 Å². The molecule has 0 aliphatic rings. The van der Waals surface area contributed by atoms with Crippen LogP contribution in [0.2, 0.25) is 0 Å². The Morgan fingerprint density at radius 1 is 1.07 bits per heavy atom. The Bertz CT molecular complexity index is 1050. The van der Waals surface area contributed by atoms with Gasteiger partial charge in [-0.05, 0) is 49.7 Å². The van der Waals surface area contributed by atoms with E-state index < -0.39 is 59.8 Å². The molecule has 1 aromatic carbocycles. The molecule has 0 heterocycles. The highest BCUT2D eigenvalue weighted by atomic mass is 32.2. The van der Waals surface area contributed by atoms with Crippen molar-refractivity contribution in [1.29, 1.82) is 0 Å². The molecule has 3 unspecified atom stereocenters. The van der Waals surface area contributed by atoms with Crippen LogP contribution in [0.15, 0.2) is 42.5 Å². The first-order valence-electron chi connectivity index (χ1n) is 14.3. The smallest absolute Gasteiger partial charge is 0.471 e. The molecule has 13 heteroatoms. The van der Waals surface area contributed by atoms with Crippen molar-refractivity contribution >= 4 is 35.6 Å². The first kappa shape index (κ1) is 38.2. The molecule has 0 fully saturated rings. The van der Waals surface area contributed by atoms with Gasteiger partial charge < -0.3 is 31.1 Å². The Balaban J connectivity index is 3.11. The molecule has 0 aliphatic heterocycles. The summed E-state index contributed by atoms with van der Waals surface area (Å²) in [6, 6.07) is 5.20. The number of carbonyl (C=O) groups excluding carboxylic acids is 2. The van der Waals surface area contributed by atoms with Crippen LogP contribution in [0.3, 0.4) is 0 Å². The van der Waals surface area contributed by atoms with E-state index in [-0.39, 0.29) is 13.0 Å². The van der Waals surface area contributed by atoms with Crippen LogP contribution in [0.5, 0.6) is 0 Å². The lowest BCUT2D eigenvalue weighted by Gasteiger charge is -2.26. The van der Waals surface area contributed by atoms with Crippen LogP contribution in [0.1, 0.15) is 74.7 Å². The number of hydrogen-bond donors (Lipinski definition) is 6. The van der Waals surface area contributed by atoms with E-state index in [1.807, 2.05) is 17.5 Å². The third kappa shape index (κ3) is 16.5. The number of unbranched alkanes of at least 4 members (excludes halogenated alkanes) is 4.